The Labute approximate surface area is 195 Å². The lowest BCUT2D eigenvalue weighted by atomic mass is 10.0. The molecule has 2 aliphatic heterocycles. The maximum atomic E-state index is 14.0. The summed E-state index contributed by atoms with van der Waals surface area (Å²) in [5.41, 5.74) is 4.74. The average molecular weight is 445 g/mol. The highest BCUT2D eigenvalue weighted by molar-refractivity contribution is 6.04. The number of hydrogen-bond donors (Lipinski definition) is 0. The molecule has 3 aliphatic rings. The van der Waals surface area contributed by atoms with Crippen LogP contribution in [0.3, 0.4) is 0 Å². The van der Waals surface area contributed by atoms with Gasteiger partial charge in [0.05, 0.1) is 18.2 Å². The lowest BCUT2D eigenvalue weighted by molar-refractivity contribution is 0.0737. The zero-order valence-electron chi connectivity index (χ0n) is 19.4. The van der Waals surface area contributed by atoms with Crippen LogP contribution in [0, 0.1) is 0 Å². The Balaban J connectivity index is 1.38. The van der Waals surface area contributed by atoms with Gasteiger partial charge in [0.1, 0.15) is 17.1 Å². The minimum absolute atomic E-state index is 0.0983. The van der Waals surface area contributed by atoms with E-state index in [2.05, 4.69) is 27.7 Å². The second kappa shape index (κ2) is 8.47. The quantitative estimate of drug-likeness (QED) is 0.528. The number of fused-ring (bicyclic) bond motifs is 3. The Morgan fingerprint density at radius 1 is 1.03 bits per heavy atom. The van der Waals surface area contributed by atoms with E-state index in [1.165, 1.54) is 24.8 Å². The number of aryl methyl sites for hydroxylation is 2. The molecule has 0 spiro atoms. The van der Waals surface area contributed by atoms with Crippen LogP contribution in [-0.2, 0) is 13.0 Å². The Hall–Kier alpha value is -2.89. The number of aromatic nitrogens is 3. The minimum atomic E-state index is 0.0983. The largest absolute Gasteiger partial charge is 0.494 e. The normalized spacial score (nSPS) is 20.6. The molecular formula is C27H32N4O2. The van der Waals surface area contributed by atoms with Gasteiger partial charge in [0, 0.05) is 31.1 Å². The zero-order chi connectivity index (χ0) is 22.4. The van der Waals surface area contributed by atoms with Crippen molar-refractivity contribution >= 4 is 17.1 Å². The van der Waals surface area contributed by atoms with E-state index < -0.39 is 0 Å². The van der Waals surface area contributed by atoms with Gasteiger partial charge in [-0.25, -0.2) is 9.97 Å². The van der Waals surface area contributed by atoms with E-state index >= 15 is 0 Å². The smallest absolute Gasteiger partial charge is 0.256 e. The van der Waals surface area contributed by atoms with E-state index in [4.69, 9.17) is 14.7 Å². The van der Waals surface area contributed by atoms with Gasteiger partial charge in [0.15, 0.2) is 5.65 Å². The number of imidazole rings is 1. The number of carbonyl (C=O) groups excluding carboxylic acids is 1. The van der Waals surface area contributed by atoms with Crippen molar-refractivity contribution in [2.45, 2.75) is 76.8 Å². The number of nitrogens with zero attached hydrogens (tertiary/aromatic N) is 4. The van der Waals surface area contributed by atoms with E-state index in [9.17, 15) is 4.79 Å². The molecule has 6 rings (SSSR count). The lowest BCUT2D eigenvalue weighted by Crippen LogP contribution is -2.31. The van der Waals surface area contributed by atoms with Gasteiger partial charge < -0.3 is 14.2 Å². The molecule has 3 aromatic rings. The van der Waals surface area contributed by atoms with Gasteiger partial charge in [-0.1, -0.05) is 18.6 Å². The van der Waals surface area contributed by atoms with Crippen molar-refractivity contribution in [2.24, 2.45) is 0 Å². The van der Waals surface area contributed by atoms with Crippen molar-refractivity contribution in [2.75, 3.05) is 13.2 Å². The highest BCUT2D eigenvalue weighted by atomic mass is 16.5. The van der Waals surface area contributed by atoms with Crippen LogP contribution in [-0.4, -0.2) is 38.5 Å². The first-order chi connectivity index (χ1) is 16.2. The van der Waals surface area contributed by atoms with Gasteiger partial charge in [-0.15, -0.1) is 0 Å². The Bertz CT molecular complexity index is 1180. The Kier molecular flexibility index (Phi) is 5.31. The van der Waals surface area contributed by atoms with Crippen LogP contribution in [0.2, 0.25) is 0 Å². The third-order valence-electron chi connectivity index (χ3n) is 7.40. The summed E-state index contributed by atoms with van der Waals surface area (Å²) in [6, 6.07) is 10.4. The average Bonchev–Trinajstić information content (AvgIpc) is 3.54. The third-order valence-corrected chi connectivity index (χ3v) is 7.40. The summed E-state index contributed by atoms with van der Waals surface area (Å²) in [4.78, 5) is 26.1. The van der Waals surface area contributed by atoms with Gasteiger partial charge in [-0.05, 0) is 69.2 Å². The van der Waals surface area contributed by atoms with Gasteiger partial charge >= 0.3 is 0 Å². The molecule has 1 saturated heterocycles. The second-order valence-electron chi connectivity index (χ2n) is 9.69. The molecule has 1 aliphatic carbocycles. The van der Waals surface area contributed by atoms with E-state index in [0.29, 0.717) is 12.5 Å². The molecule has 6 heteroatoms. The monoisotopic (exact) mass is 444 g/mol. The first kappa shape index (κ1) is 20.7. The highest BCUT2D eigenvalue weighted by Gasteiger charge is 2.34. The summed E-state index contributed by atoms with van der Waals surface area (Å²) in [7, 11) is 0. The summed E-state index contributed by atoms with van der Waals surface area (Å²) >= 11 is 0. The number of likely N-dealkylation sites (tertiary alicyclic amines) is 1. The predicted molar refractivity (Wildman–Crippen MR) is 128 cm³/mol. The van der Waals surface area contributed by atoms with E-state index in [1.807, 2.05) is 19.1 Å². The van der Waals surface area contributed by atoms with Crippen LogP contribution >= 0.6 is 0 Å². The van der Waals surface area contributed by atoms with Gasteiger partial charge in [-0.2, -0.15) is 0 Å². The van der Waals surface area contributed by atoms with E-state index in [1.54, 1.807) is 0 Å². The van der Waals surface area contributed by atoms with Crippen molar-refractivity contribution < 1.29 is 9.53 Å². The van der Waals surface area contributed by atoms with Crippen LogP contribution in [0.1, 0.15) is 91.3 Å². The van der Waals surface area contributed by atoms with Crippen molar-refractivity contribution in [1.82, 2.24) is 19.4 Å². The topological polar surface area (TPSA) is 60.2 Å². The van der Waals surface area contributed by atoms with Crippen molar-refractivity contribution in [1.29, 1.82) is 0 Å². The van der Waals surface area contributed by atoms with Gasteiger partial charge in [0.25, 0.3) is 5.91 Å². The van der Waals surface area contributed by atoms with Gasteiger partial charge in [0.2, 0.25) is 0 Å². The minimum Gasteiger partial charge on any atom is -0.494 e. The lowest BCUT2D eigenvalue weighted by Gasteiger charge is -2.25. The standard InChI is InChI=1S/C27H32N4O2/c1-2-33-20-13-11-19(12-14-20)23-7-6-16-30(23)27(32)21-17-22(18-9-10-18)28-26-25(21)29-24-8-4-3-5-15-31(24)26/h11-14,17-18,23H,2-10,15-16H2,1H3/t23-/m1/s1. The predicted octanol–water partition coefficient (Wildman–Crippen LogP) is 5.41. The Morgan fingerprint density at radius 2 is 1.88 bits per heavy atom. The number of hydrogen-bond acceptors (Lipinski definition) is 4. The van der Waals surface area contributed by atoms with Crippen molar-refractivity contribution in [3.63, 3.8) is 0 Å². The summed E-state index contributed by atoms with van der Waals surface area (Å²) in [6.07, 6.45) is 8.88. The van der Waals surface area contributed by atoms with Crippen LogP contribution in [0.4, 0.5) is 0 Å². The molecule has 33 heavy (non-hydrogen) atoms. The van der Waals surface area contributed by atoms with Gasteiger partial charge in [-0.3, -0.25) is 4.79 Å². The van der Waals surface area contributed by atoms with E-state index in [0.717, 1.165) is 79.2 Å². The SMILES string of the molecule is CCOc1ccc([C@H]2CCCN2C(=O)c2cc(C3CC3)nc3c2nc2n3CCCCC2)cc1. The number of ether oxygens (including phenoxy) is 1. The first-order valence-electron chi connectivity index (χ1n) is 12.7. The highest BCUT2D eigenvalue weighted by Crippen LogP contribution is 2.41. The van der Waals surface area contributed by atoms with Crippen LogP contribution in [0.5, 0.6) is 5.75 Å². The molecular weight excluding hydrogens is 412 g/mol. The molecule has 172 valence electrons. The molecule has 1 amide bonds. The number of benzene rings is 1. The third kappa shape index (κ3) is 3.79. The molecule has 1 aromatic carbocycles. The van der Waals surface area contributed by atoms with Crippen molar-refractivity contribution in [3.8, 4) is 5.75 Å². The first-order valence-corrected chi connectivity index (χ1v) is 12.7. The van der Waals surface area contributed by atoms with Crippen LogP contribution < -0.4 is 4.74 Å². The van der Waals surface area contributed by atoms with Crippen LogP contribution in [0.15, 0.2) is 30.3 Å². The molecule has 4 heterocycles. The molecule has 0 N–H and O–H groups in total. The van der Waals surface area contributed by atoms with Crippen molar-refractivity contribution in [3.05, 3.63) is 53.0 Å². The maximum Gasteiger partial charge on any atom is 0.256 e. The van der Waals surface area contributed by atoms with Crippen LogP contribution in [0.25, 0.3) is 11.2 Å². The molecule has 1 saturated carbocycles. The molecule has 1 atom stereocenters. The fourth-order valence-electron chi connectivity index (χ4n) is 5.53. The number of amides is 1. The summed E-state index contributed by atoms with van der Waals surface area (Å²) in [5.74, 6) is 2.58. The maximum absolute atomic E-state index is 14.0. The second-order valence-corrected chi connectivity index (χ2v) is 9.69. The number of carbonyl (C=O) groups is 1. The molecule has 0 radical (unpaired) electrons. The summed E-state index contributed by atoms with van der Waals surface area (Å²) in [5, 5.41) is 0. The molecule has 2 fully saturated rings. The summed E-state index contributed by atoms with van der Waals surface area (Å²) < 4.78 is 7.90. The molecule has 2 aromatic heterocycles. The fraction of sp³-hybridized carbons (Fsp3) is 0.519. The molecule has 0 bridgehead atoms. The zero-order valence-corrected chi connectivity index (χ0v) is 19.4. The fourth-order valence-corrected chi connectivity index (χ4v) is 5.53. The van der Waals surface area contributed by atoms with E-state index in [-0.39, 0.29) is 11.9 Å². The summed E-state index contributed by atoms with van der Waals surface area (Å²) in [6.45, 7) is 4.39. The number of pyridine rings is 1. The number of rotatable bonds is 5. The molecule has 6 nitrogen and oxygen atoms in total. The Morgan fingerprint density at radius 3 is 2.67 bits per heavy atom. The molecule has 0 unspecified atom stereocenters.